The van der Waals surface area contributed by atoms with Gasteiger partial charge in [0.2, 0.25) is 0 Å². The Morgan fingerprint density at radius 2 is 1.48 bits per heavy atom. The monoisotopic (exact) mass is 438 g/mol. The third-order valence-corrected chi connectivity index (χ3v) is 5.70. The molecule has 8 heteroatoms. The highest BCUT2D eigenvalue weighted by Crippen LogP contribution is 2.34. The van der Waals surface area contributed by atoms with Crippen LogP contribution in [-0.2, 0) is 6.61 Å². The van der Waals surface area contributed by atoms with Crippen LogP contribution >= 0.6 is 11.3 Å². The van der Waals surface area contributed by atoms with E-state index in [1.54, 1.807) is 36.4 Å². The largest absolute Gasteiger partial charge is 0.489 e. The molecular weight excluding hydrogens is 422 g/mol. The number of hydrogen-bond donors (Lipinski definition) is 2. The Kier molecular flexibility index (Phi) is 5.90. The maximum Gasteiger partial charge on any atom is 0.280 e. The summed E-state index contributed by atoms with van der Waals surface area (Å²) < 4.78 is 34.6. The van der Waals surface area contributed by atoms with E-state index in [9.17, 15) is 18.4 Å². The lowest BCUT2D eigenvalue weighted by molar-refractivity contribution is 0.0845. The molecule has 0 saturated heterocycles. The summed E-state index contributed by atoms with van der Waals surface area (Å²) in [6, 6.07) is 18.9. The average molecular weight is 438 g/mol. The minimum atomic E-state index is -0.805. The van der Waals surface area contributed by atoms with Crippen LogP contribution in [-0.4, -0.2) is 11.8 Å². The summed E-state index contributed by atoms with van der Waals surface area (Å²) in [6.07, 6.45) is 0. The summed E-state index contributed by atoms with van der Waals surface area (Å²) in [5, 5.41) is 0.286. The predicted molar refractivity (Wildman–Crippen MR) is 114 cm³/mol. The number of para-hydroxylation sites is 1. The third-order valence-electron chi connectivity index (χ3n) is 4.50. The van der Waals surface area contributed by atoms with Crippen molar-refractivity contribution in [3.8, 4) is 5.75 Å². The van der Waals surface area contributed by atoms with Crippen molar-refractivity contribution in [1.82, 2.24) is 10.9 Å². The summed E-state index contributed by atoms with van der Waals surface area (Å²) in [4.78, 5) is 25.2. The molecule has 2 N–H and O–H groups in total. The minimum absolute atomic E-state index is 0.0467. The van der Waals surface area contributed by atoms with Gasteiger partial charge in [-0.1, -0.05) is 36.4 Å². The number of thiophene rings is 1. The van der Waals surface area contributed by atoms with Gasteiger partial charge in [0.15, 0.2) is 0 Å². The van der Waals surface area contributed by atoms with E-state index >= 15 is 0 Å². The Hall–Kier alpha value is -3.78. The Bertz CT molecular complexity index is 1260. The van der Waals surface area contributed by atoms with E-state index in [1.165, 1.54) is 24.3 Å². The van der Waals surface area contributed by atoms with Crippen molar-refractivity contribution < 1.29 is 23.1 Å². The highest BCUT2D eigenvalue weighted by Gasteiger charge is 2.22. The first-order chi connectivity index (χ1) is 15.0. The zero-order valence-electron chi connectivity index (χ0n) is 16.0. The van der Waals surface area contributed by atoms with Crippen molar-refractivity contribution in [2.75, 3.05) is 0 Å². The van der Waals surface area contributed by atoms with Gasteiger partial charge >= 0.3 is 0 Å². The Morgan fingerprint density at radius 3 is 2.26 bits per heavy atom. The zero-order chi connectivity index (χ0) is 21.8. The van der Waals surface area contributed by atoms with Crippen molar-refractivity contribution in [2.24, 2.45) is 0 Å². The second-order valence-corrected chi connectivity index (χ2v) is 7.56. The maximum atomic E-state index is 14.5. The number of amides is 2. The first kappa shape index (κ1) is 20.5. The molecule has 0 aliphatic carbocycles. The summed E-state index contributed by atoms with van der Waals surface area (Å²) in [5.41, 5.74) is 4.61. The summed E-state index contributed by atoms with van der Waals surface area (Å²) in [7, 11) is 0. The van der Waals surface area contributed by atoms with E-state index in [0.29, 0.717) is 16.0 Å². The number of ether oxygens (including phenoxy) is 1. The quantitative estimate of drug-likeness (QED) is 0.439. The number of hydrazine groups is 1. The molecule has 3 aromatic carbocycles. The highest BCUT2D eigenvalue weighted by atomic mass is 32.1. The van der Waals surface area contributed by atoms with Gasteiger partial charge in [-0.25, -0.2) is 8.78 Å². The molecule has 0 aliphatic heterocycles. The third kappa shape index (κ3) is 4.39. The van der Waals surface area contributed by atoms with E-state index in [1.807, 2.05) is 6.07 Å². The second-order valence-electron chi connectivity index (χ2n) is 6.51. The lowest BCUT2D eigenvalue weighted by Gasteiger charge is -2.10. The van der Waals surface area contributed by atoms with Gasteiger partial charge in [-0.15, -0.1) is 11.3 Å². The molecule has 0 saturated carbocycles. The molecular formula is C23H16F2N2O3S. The smallest absolute Gasteiger partial charge is 0.280 e. The SMILES string of the molecule is O=C(NNC(=O)c1sc2cccc(F)c2c1COc1ccccc1)c1ccccc1F. The van der Waals surface area contributed by atoms with E-state index in [0.717, 1.165) is 17.4 Å². The van der Waals surface area contributed by atoms with Gasteiger partial charge in [0.05, 0.1) is 5.56 Å². The minimum Gasteiger partial charge on any atom is -0.489 e. The van der Waals surface area contributed by atoms with E-state index in [4.69, 9.17) is 4.74 Å². The van der Waals surface area contributed by atoms with Crippen LogP contribution in [0.15, 0.2) is 72.8 Å². The van der Waals surface area contributed by atoms with Crippen LogP contribution in [0.5, 0.6) is 5.75 Å². The highest BCUT2D eigenvalue weighted by molar-refractivity contribution is 7.21. The van der Waals surface area contributed by atoms with Crippen LogP contribution in [0.25, 0.3) is 10.1 Å². The first-order valence-electron chi connectivity index (χ1n) is 9.27. The van der Waals surface area contributed by atoms with Gasteiger partial charge in [-0.05, 0) is 36.4 Å². The number of fused-ring (bicyclic) bond motifs is 1. The normalized spacial score (nSPS) is 10.6. The lowest BCUT2D eigenvalue weighted by Crippen LogP contribution is -2.42. The van der Waals surface area contributed by atoms with Crippen LogP contribution in [0, 0.1) is 11.6 Å². The van der Waals surface area contributed by atoms with Gasteiger partial charge in [0, 0.05) is 15.6 Å². The molecule has 0 unspecified atom stereocenters. The van der Waals surface area contributed by atoms with Crippen LogP contribution in [0.3, 0.4) is 0 Å². The van der Waals surface area contributed by atoms with Crippen molar-refractivity contribution >= 4 is 33.2 Å². The molecule has 0 bridgehead atoms. The Morgan fingerprint density at radius 1 is 0.806 bits per heavy atom. The molecule has 1 aromatic heterocycles. The Labute approximate surface area is 180 Å². The summed E-state index contributed by atoms with van der Waals surface area (Å²) in [5.74, 6) is -2.08. The second kappa shape index (κ2) is 8.93. The molecule has 31 heavy (non-hydrogen) atoms. The summed E-state index contributed by atoms with van der Waals surface area (Å²) in [6.45, 7) is -0.0467. The molecule has 4 aromatic rings. The molecule has 0 spiro atoms. The van der Waals surface area contributed by atoms with Gasteiger partial charge in [-0.3, -0.25) is 20.4 Å². The fourth-order valence-corrected chi connectivity index (χ4v) is 4.16. The molecule has 1 heterocycles. The van der Waals surface area contributed by atoms with Crippen molar-refractivity contribution in [2.45, 2.75) is 6.61 Å². The average Bonchev–Trinajstić information content (AvgIpc) is 3.17. The number of rotatable bonds is 5. The molecule has 156 valence electrons. The van der Waals surface area contributed by atoms with Crippen LogP contribution in [0.4, 0.5) is 8.78 Å². The van der Waals surface area contributed by atoms with Gasteiger partial charge in [-0.2, -0.15) is 0 Å². The molecule has 0 atom stereocenters. The Balaban J connectivity index is 1.58. The van der Waals surface area contributed by atoms with Crippen molar-refractivity contribution in [1.29, 1.82) is 0 Å². The molecule has 4 rings (SSSR count). The van der Waals surface area contributed by atoms with Gasteiger partial charge in [0.1, 0.15) is 28.9 Å². The predicted octanol–water partition coefficient (Wildman–Crippen LogP) is 4.83. The molecule has 0 radical (unpaired) electrons. The summed E-state index contributed by atoms with van der Waals surface area (Å²) >= 11 is 1.07. The lowest BCUT2D eigenvalue weighted by atomic mass is 10.1. The van der Waals surface area contributed by atoms with Gasteiger partial charge < -0.3 is 4.74 Å². The van der Waals surface area contributed by atoms with E-state index in [2.05, 4.69) is 10.9 Å². The van der Waals surface area contributed by atoms with E-state index < -0.39 is 23.4 Å². The van der Waals surface area contributed by atoms with Crippen molar-refractivity contribution in [3.63, 3.8) is 0 Å². The molecule has 0 aliphatic rings. The number of carbonyl (C=O) groups excluding carboxylic acids is 2. The number of carbonyl (C=O) groups is 2. The number of halogens is 2. The maximum absolute atomic E-state index is 14.5. The number of nitrogens with one attached hydrogen (secondary N) is 2. The fourth-order valence-electron chi connectivity index (χ4n) is 3.04. The van der Waals surface area contributed by atoms with Crippen LogP contribution in [0.1, 0.15) is 25.6 Å². The topological polar surface area (TPSA) is 67.4 Å². The first-order valence-corrected chi connectivity index (χ1v) is 10.1. The molecule has 5 nitrogen and oxygen atoms in total. The zero-order valence-corrected chi connectivity index (χ0v) is 16.8. The van der Waals surface area contributed by atoms with Crippen LogP contribution < -0.4 is 15.6 Å². The molecule has 0 fully saturated rings. The van der Waals surface area contributed by atoms with E-state index in [-0.39, 0.29) is 22.4 Å². The number of benzene rings is 3. The fraction of sp³-hybridized carbons (Fsp3) is 0.0435. The molecule has 2 amide bonds. The standard InChI is InChI=1S/C23H16F2N2O3S/c24-17-10-5-4-9-15(17)22(28)26-27-23(29)21-16(13-30-14-7-2-1-3-8-14)20-18(25)11-6-12-19(20)31-21/h1-12H,13H2,(H,26,28)(H,27,29). The van der Waals surface area contributed by atoms with Crippen LogP contribution in [0.2, 0.25) is 0 Å². The number of hydrogen-bond acceptors (Lipinski definition) is 4. The van der Waals surface area contributed by atoms with Crippen molar-refractivity contribution in [3.05, 3.63) is 100 Å². The van der Waals surface area contributed by atoms with Gasteiger partial charge in [0.25, 0.3) is 11.8 Å².